The lowest BCUT2D eigenvalue weighted by atomic mass is 9.96. The molecule has 0 aliphatic carbocycles. The number of benzene rings is 3. The molecule has 158 valence electrons. The van der Waals surface area contributed by atoms with Crippen molar-refractivity contribution in [1.29, 1.82) is 0 Å². The molecule has 0 saturated heterocycles. The molecule has 1 N–H and O–H groups in total. The van der Waals surface area contributed by atoms with Crippen molar-refractivity contribution in [2.75, 3.05) is 17.1 Å². The van der Waals surface area contributed by atoms with E-state index in [1.807, 2.05) is 51.1 Å². The van der Waals surface area contributed by atoms with Gasteiger partial charge in [0.2, 0.25) is 15.9 Å². The van der Waals surface area contributed by atoms with Crippen molar-refractivity contribution in [2.24, 2.45) is 0 Å². The minimum Gasteiger partial charge on any atom is -0.348 e. The van der Waals surface area contributed by atoms with Crippen LogP contribution < -0.4 is 9.62 Å². The average molecular weight is 425 g/mol. The highest BCUT2D eigenvalue weighted by molar-refractivity contribution is 7.92. The highest BCUT2D eigenvalue weighted by atomic mass is 32.2. The van der Waals surface area contributed by atoms with Crippen LogP contribution in [0.2, 0.25) is 0 Å². The summed E-state index contributed by atoms with van der Waals surface area (Å²) in [6, 6.07) is 16.9. The molecular formula is C24H28N2O3S. The lowest BCUT2D eigenvalue weighted by Crippen LogP contribution is -2.41. The van der Waals surface area contributed by atoms with E-state index in [1.165, 1.54) is 9.87 Å². The first-order valence-corrected chi connectivity index (χ1v) is 11.8. The molecular weight excluding hydrogens is 396 g/mol. The van der Waals surface area contributed by atoms with Crippen LogP contribution in [0.1, 0.15) is 35.2 Å². The van der Waals surface area contributed by atoms with Crippen LogP contribution in [-0.2, 0) is 14.8 Å². The Balaban J connectivity index is 1.88. The predicted molar refractivity (Wildman–Crippen MR) is 123 cm³/mol. The molecule has 0 aliphatic heterocycles. The van der Waals surface area contributed by atoms with Crippen molar-refractivity contribution in [1.82, 2.24) is 5.32 Å². The van der Waals surface area contributed by atoms with Gasteiger partial charge in [0.25, 0.3) is 0 Å². The zero-order valence-corrected chi connectivity index (χ0v) is 18.9. The topological polar surface area (TPSA) is 66.5 Å². The molecule has 1 atom stereocenters. The maximum atomic E-state index is 12.8. The molecule has 1 amide bonds. The van der Waals surface area contributed by atoms with Gasteiger partial charge in [-0.1, -0.05) is 48.5 Å². The molecule has 0 radical (unpaired) electrons. The number of carbonyl (C=O) groups is 1. The highest BCUT2D eigenvalue weighted by Gasteiger charge is 2.23. The Morgan fingerprint density at radius 2 is 1.60 bits per heavy atom. The smallest absolute Gasteiger partial charge is 0.241 e. The normalized spacial score (nSPS) is 12.6. The van der Waals surface area contributed by atoms with Gasteiger partial charge in [-0.3, -0.25) is 9.10 Å². The largest absolute Gasteiger partial charge is 0.348 e. The molecule has 0 fully saturated rings. The number of nitrogens with zero attached hydrogens (tertiary/aromatic N) is 1. The van der Waals surface area contributed by atoms with E-state index < -0.39 is 10.0 Å². The van der Waals surface area contributed by atoms with Gasteiger partial charge >= 0.3 is 0 Å². The second-order valence-electron chi connectivity index (χ2n) is 7.85. The minimum absolute atomic E-state index is 0.231. The number of hydrogen-bond acceptors (Lipinski definition) is 3. The Morgan fingerprint density at radius 3 is 2.30 bits per heavy atom. The third-order valence-corrected chi connectivity index (χ3v) is 6.58. The molecule has 0 aromatic heterocycles. The summed E-state index contributed by atoms with van der Waals surface area (Å²) in [5.74, 6) is -0.349. The first kappa shape index (κ1) is 21.8. The number of hydrogen-bond donors (Lipinski definition) is 1. The number of sulfonamides is 1. The lowest BCUT2D eigenvalue weighted by Gasteiger charge is -2.25. The second-order valence-corrected chi connectivity index (χ2v) is 9.76. The molecule has 1 unspecified atom stereocenters. The molecule has 30 heavy (non-hydrogen) atoms. The summed E-state index contributed by atoms with van der Waals surface area (Å²) in [6.45, 7) is 7.75. The van der Waals surface area contributed by atoms with Crippen LogP contribution in [0.4, 0.5) is 5.69 Å². The summed E-state index contributed by atoms with van der Waals surface area (Å²) >= 11 is 0. The number of nitrogens with one attached hydrogen (secondary N) is 1. The van der Waals surface area contributed by atoms with Gasteiger partial charge in [-0.05, 0) is 61.4 Å². The Morgan fingerprint density at radius 1 is 0.967 bits per heavy atom. The Labute approximate surface area is 178 Å². The molecule has 3 rings (SSSR count). The molecule has 0 heterocycles. The van der Waals surface area contributed by atoms with Gasteiger partial charge in [-0.2, -0.15) is 0 Å². The maximum absolute atomic E-state index is 12.8. The standard InChI is InChI=1S/C24H28N2O3S/c1-16-13-18(3)22(14-17(16)2)19(4)25-24(27)15-26(30(5,28)29)23-12-8-10-20-9-6-7-11-21(20)23/h6-14,19H,15H2,1-5H3,(H,25,27). The number of rotatable bonds is 6. The third kappa shape index (κ3) is 4.65. The fourth-order valence-corrected chi connectivity index (χ4v) is 4.62. The Kier molecular flexibility index (Phi) is 6.17. The van der Waals surface area contributed by atoms with Gasteiger partial charge in [0.15, 0.2) is 0 Å². The van der Waals surface area contributed by atoms with Crippen molar-refractivity contribution in [3.63, 3.8) is 0 Å². The van der Waals surface area contributed by atoms with E-state index >= 15 is 0 Å². The summed E-state index contributed by atoms with van der Waals surface area (Å²) < 4.78 is 26.3. The summed E-state index contributed by atoms with van der Waals surface area (Å²) in [7, 11) is -3.65. The first-order chi connectivity index (χ1) is 14.1. The molecule has 3 aromatic carbocycles. The van der Waals surface area contributed by atoms with E-state index in [9.17, 15) is 13.2 Å². The van der Waals surface area contributed by atoms with Crippen molar-refractivity contribution >= 4 is 32.4 Å². The van der Waals surface area contributed by atoms with Crippen LogP contribution in [-0.4, -0.2) is 27.1 Å². The predicted octanol–water partition coefficient (Wildman–Crippen LogP) is 4.41. The zero-order valence-electron chi connectivity index (χ0n) is 18.1. The van der Waals surface area contributed by atoms with Crippen molar-refractivity contribution in [2.45, 2.75) is 33.7 Å². The number of aryl methyl sites for hydroxylation is 3. The van der Waals surface area contributed by atoms with E-state index in [0.717, 1.165) is 33.7 Å². The van der Waals surface area contributed by atoms with E-state index in [4.69, 9.17) is 0 Å². The fourth-order valence-electron chi connectivity index (χ4n) is 3.75. The lowest BCUT2D eigenvalue weighted by molar-refractivity contribution is -0.120. The second kappa shape index (κ2) is 8.48. The molecule has 0 aliphatic rings. The van der Waals surface area contributed by atoms with Crippen LogP contribution in [0.5, 0.6) is 0 Å². The van der Waals surface area contributed by atoms with E-state index in [-0.39, 0.29) is 18.5 Å². The number of anilines is 1. The number of amides is 1. The van der Waals surface area contributed by atoms with Crippen LogP contribution in [0.3, 0.4) is 0 Å². The zero-order chi connectivity index (χ0) is 22.1. The average Bonchev–Trinajstić information content (AvgIpc) is 2.67. The van der Waals surface area contributed by atoms with Crippen LogP contribution in [0, 0.1) is 20.8 Å². The summed E-state index contributed by atoms with van der Waals surface area (Å²) in [5.41, 5.74) is 4.99. The van der Waals surface area contributed by atoms with Crippen LogP contribution in [0.15, 0.2) is 54.6 Å². The monoisotopic (exact) mass is 424 g/mol. The SMILES string of the molecule is Cc1cc(C)c(C(C)NC(=O)CN(c2cccc3ccccc23)S(C)(=O)=O)cc1C. The van der Waals surface area contributed by atoms with Gasteiger partial charge in [0.05, 0.1) is 18.0 Å². The van der Waals surface area contributed by atoms with Crippen molar-refractivity contribution in [3.8, 4) is 0 Å². The van der Waals surface area contributed by atoms with Crippen molar-refractivity contribution in [3.05, 3.63) is 76.9 Å². The first-order valence-electron chi connectivity index (χ1n) is 9.90. The maximum Gasteiger partial charge on any atom is 0.241 e. The molecule has 0 spiro atoms. The van der Waals surface area contributed by atoms with E-state index in [1.54, 1.807) is 12.1 Å². The van der Waals surface area contributed by atoms with Crippen molar-refractivity contribution < 1.29 is 13.2 Å². The number of fused-ring (bicyclic) bond motifs is 1. The Bertz CT molecular complexity index is 1200. The van der Waals surface area contributed by atoms with Gasteiger partial charge in [0.1, 0.15) is 6.54 Å². The highest BCUT2D eigenvalue weighted by Crippen LogP contribution is 2.28. The van der Waals surface area contributed by atoms with Gasteiger partial charge in [-0.15, -0.1) is 0 Å². The molecule has 0 bridgehead atoms. The quantitative estimate of drug-likeness (QED) is 0.637. The third-order valence-electron chi connectivity index (χ3n) is 5.45. The Hall–Kier alpha value is -2.86. The van der Waals surface area contributed by atoms with Gasteiger partial charge < -0.3 is 5.32 Å². The molecule has 3 aromatic rings. The molecule has 5 nitrogen and oxygen atoms in total. The van der Waals surface area contributed by atoms with Crippen LogP contribution >= 0.6 is 0 Å². The van der Waals surface area contributed by atoms with Gasteiger partial charge in [0, 0.05) is 5.39 Å². The minimum atomic E-state index is -3.65. The summed E-state index contributed by atoms with van der Waals surface area (Å²) in [4.78, 5) is 12.8. The van der Waals surface area contributed by atoms with E-state index in [2.05, 4.69) is 24.4 Å². The summed E-state index contributed by atoms with van der Waals surface area (Å²) in [5, 5.41) is 4.67. The van der Waals surface area contributed by atoms with Gasteiger partial charge in [-0.25, -0.2) is 8.42 Å². The van der Waals surface area contributed by atoms with Crippen LogP contribution in [0.25, 0.3) is 10.8 Å². The molecule has 0 saturated carbocycles. The summed E-state index contributed by atoms with van der Waals surface area (Å²) in [6.07, 6.45) is 1.12. The van der Waals surface area contributed by atoms with E-state index in [0.29, 0.717) is 5.69 Å². The molecule has 6 heteroatoms. The number of carbonyl (C=O) groups excluding carboxylic acids is 1. The fraction of sp³-hybridized carbons (Fsp3) is 0.292.